The highest BCUT2D eigenvalue weighted by Gasteiger charge is 2.50. The third kappa shape index (κ3) is 10.1. The van der Waals surface area contributed by atoms with Crippen molar-refractivity contribution in [1.29, 1.82) is 0 Å². The summed E-state index contributed by atoms with van der Waals surface area (Å²) in [4.78, 5) is 28.9. The number of rotatable bonds is 14. The molecule has 4 unspecified atom stereocenters. The van der Waals surface area contributed by atoms with Crippen LogP contribution in [0.3, 0.4) is 0 Å². The Labute approximate surface area is 221 Å². The molecule has 2 heterocycles. The van der Waals surface area contributed by atoms with E-state index in [-0.39, 0.29) is 13.2 Å². The molecule has 0 aromatic rings. The lowest BCUT2D eigenvalue weighted by molar-refractivity contribution is -0.284. The first kappa shape index (κ1) is 35.2. The predicted octanol–water partition coefficient (Wildman–Crippen LogP) is -2.96. The van der Waals surface area contributed by atoms with Gasteiger partial charge in [0.1, 0.15) is 48.8 Å². The maximum Gasteiger partial charge on any atom is 0.472 e. The van der Waals surface area contributed by atoms with Gasteiger partial charge < -0.3 is 54.8 Å². The molecule has 39 heavy (non-hydrogen) atoms. The number of phosphoric ester groups is 3. The molecule has 2 saturated heterocycles. The van der Waals surface area contributed by atoms with Crippen LogP contribution in [-0.2, 0) is 50.3 Å². The van der Waals surface area contributed by atoms with Gasteiger partial charge in [0.05, 0.1) is 26.4 Å². The summed E-state index contributed by atoms with van der Waals surface area (Å²) in [5.74, 6) is 0. The molecule has 0 bridgehead atoms. The zero-order valence-electron chi connectivity index (χ0n) is 20.5. The van der Waals surface area contributed by atoms with E-state index in [0.29, 0.717) is 0 Å². The van der Waals surface area contributed by atoms with E-state index in [1.807, 2.05) is 0 Å². The van der Waals surface area contributed by atoms with Gasteiger partial charge in [-0.25, -0.2) is 13.7 Å². The molecule has 0 spiro atoms. The molecule has 2 aliphatic rings. The predicted molar refractivity (Wildman–Crippen MR) is 120 cm³/mol. The van der Waals surface area contributed by atoms with Crippen LogP contribution in [0.25, 0.3) is 0 Å². The normalized spacial score (nSPS) is 40.4. The minimum Gasteiger partial charge on any atom is -0.387 e. The van der Waals surface area contributed by atoms with Gasteiger partial charge >= 0.3 is 23.5 Å². The van der Waals surface area contributed by atoms with Crippen molar-refractivity contribution in [2.75, 3.05) is 26.4 Å². The lowest BCUT2D eigenvalue weighted by Gasteiger charge is -2.40. The van der Waals surface area contributed by atoms with Gasteiger partial charge in [-0.05, 0) is 13.8 Å². The average Bonchev–Trinajstić information content (AvgIpc) is 2.82. The molecule has 0 radical (unpaired) electrons. The summed E-state index contributed by atoms with van der Waals surface area (Å²) in [6, 6.07) is 0. The van der Waals surface area contributed by atoms with Crippen LogP contribution in [0.2, 0.25) is 0 Å². The Morgan fingerprint density at radius 1 is 0.564 bits per heavy atom. The number of aliphatic hydroxyl groups is 6. The largest absolute Gasteiger partial charge is 0.472 e. The molecule has 20 nitrogen and oxygen atoms in total. The molecule has 0 aliphatic carbocycles. The molecular formula is C16H33O20P3. The van der Waals surface area contributed by atoms with Crippen molar-refractivity contribution in [3.05, 3.63) is 0 Å². The molecular weight excluding hydrogens is 605 g/mol. The van der Waals surface area contributed by atoms with E-state index < -0.39 is 98.1 Å². The lowest BCUT2D eigenvalue weighted by atomic mass is 9.99. The van der Waals surface area contributed by atoms with Crippen molar-refractivity contribution in [3.63, 3.8) is 0 Å². The average molecular weight is 638 g/mol. The van der Waals surface area contributed by atoms with Gasteiger partial charge in [-0.1, -0.05) is 0 Å². The van der Waals surface area contributed by atoms with Crippen molar-refractivity contribution in [1.82, 2.24) is 0 Å². The Morgan fingerprint density at radius 3 is 1.21 bits per heavy atom. The fourth-order valence-electron chi connectivity index (χ4n) is 3.41. The first-order chi connectivity index (χ1) is 17.9. The highest BCUT2D eigenvalue weighted by Crippen LogP contribution is 2.49. The molecule has 2 aliphatic heterocycles. The molecule has 23 heteroatoms. The summed E-state index contributed by atoms with van der Waals surface area (Å²) in [6.45, 7) is 0.235. The Kier molecular flexibility index (Phi) is 13.1. The fourth-order valence-corrected chi connectivity index (χ4v) is 6.00. The highest BCUT2D eigenvalue weighted by molar-refractivity contribution is 7.47. The van der Waals surface area contributed by atoms with Crippen LogP contribution in [0.5, 0.6) is 0 Å². The number of hydrogen-bond donors (Lipinski definition) is 9. The van der Waals surface area contributed by atoms with Gasteiger partial charge in [0.25, 0.3) is 0 Å². The van der Waals surface area contributed by atoms with E-state index in [1.165, 1.54) is 13.8 Å². The van der Waals surface area contributed by atoms with Crippen LogP contribution in [-0.4, -0.2) is 133 Å². The maximum atomic E-state index is 12.3. The minimum absolute atomic E-state index is 0.258. The number of phosphoric acid groups is 3. The summed E-state index contributed by atoms with van der Waals surface area (Å²) < 4.78 is 72.9. The lowest BCUT2D eigenvalue weighted by Crippen LogP contribution is -2.59. The number of ether oxygens (including phenoxy) is 2. The van der Waals surface area contributed by atoms with Crippen molar-refractivity contribution in [2.45, 2.75) is 75.3 Å². The first-order valence-corrected chi connectivity index (χ1v) is 15.7. The zero-order chi connectivity index (χ0) is 29.8. The summed E-state index contributed by atoms with van der Waals surface area (Å²) in [7, 11) is -14.5. The van der Waals surface area contributed by atoms with Crippen LogP contribution < -0.4 is 0 Å². The summed E-state index contributed by atoms with van der Waals surface area (Å²) in [5.41, 5.74) is 0. The third-order valence-electron chi connectivity index (χ3n) is 5.22. The van der Waals surface area contributed by atoms with Crippen molar-refractivity contribution >= 4 is 23.5 Å². The van der Waals surface area contributed by atoms with Crippen LogP contribution in [0.15, 0.2) is 0 Å². The number of aliphatic hydroxyl groups excluding tert-OH is 6. The zero-order valence-corrected chi connectivity index (χ0v) is 23.1. The molecule has 0 aromatic heterocycles. The maximum absolute atomic E-state index is 12.3. The SMILES string of the molecule is CCOP(=O)(O)O[C@@H]1[C@@H](O)[C@H](O)C(COP(=O)(O)OCC2O[C@@H](O)[C@H](OP(=O)(O)OCC)[C@@H](O)[C@@H]2O)O[C@H]1O. The van der Waals surface area contributed by atoms with E-state index in [4.69, 9.17) is 9.47 Å². The molecule has 2 fully saturated rings. The van der Waals surface area contributed by atoms with Crippen LogP contribution >= 0.6 is 23.5 Å². The standard InChI is InChI=1S/C16H33O20P3/c1-3-29-38(25,26)35-13-11(19)9(17)7(33-15(13)21)5-31-37(23,24)32-6-8-10(18)12(20)14(16(22)34-8)36-39(27,28)30-4-2/h7-22H,3-6H2,1-2H3,(H,23,24)(H,25,26)(H,27,28)/t7?,8?,9-,10-,11+,12+,13-,14-,15-,16-/m1/s1. The quantitative estimate of drug-likeness (QED) is 0.0858. The van der Waals surface area contributed by atoms with E-state index in [9.17, 15) is 59.0 Å². The van der Waals surface area contributed by atoms with E-state index in [1.54, 1.807) is 0 Å². The summed E-state index contributed by atoms with van der Waals surface area (Å²) in [6.07, 6.45) is -19.5. The van der Waals surface area contributed by atoms with Gasteiger partial charge in [-0.3, -0.25) is 27.1 Å². The first-order valence-electron chi connectivity index (χ1n) is 11.3. The van der Waals surface area contributed by atoms with Crippen molar-refractivity contribution in [3.8, 4) is 0 Å². The fraction of sp³-hybridized carbons (Fsp3) is 1.00. The number of hydrogen-bond acceptors (Lipinski definition) is 17. The second-order valence-corrected chi connectivity index (χ2v) is 12.3. The van der Waals surface area contributed by atoms with Crippen LogP contribution in [0.4, 0.5) is 0 Å². The van der Waals surface area contributed by atoms with E-state index in [0.717, 1.165) is 0 Å². The van der Waals surface area contributed by atoms with E-state index in [2.05, 4.69) is 27.1 Å². The van der Waals surface area contributed by atoms with Gasteiger partial charge in [0, 0.05) is 0 Å². The monoisotopic (exact) mass is 638 g/mol. The highest BCUT2D eigenvalue weighted by atomic mass is 31.2. The Balaban J connectivity index is 1.91. The molecule has 9 N–H and O–H groups in total. The van der Waals surface area contributed by atoms with Gasteiger partial charge in [0.2, 0.25) is 0 Å². The van der Waals surface area contributed by atoms with Crippen LogP contribution in [0, 0.1) is 0 Å². The molecule has 0 amide bonds. The summed E-state index contributed by atoms with van der Waals surface area (Å²) in [5, 5.41) is 60.6. The molecule has 0 aromatic carbocycles. The Morgan fingerprint density at radius 2 is 0.897 bits per heavy atom. The Bertz CT molecular complexity index is 853. The minimum atomic E-state index is -5.05. The molecule has 232 valence electrons. The second-order valence-electron chi connectivity index (χ2n) is 8.07. The van der Waals surface area contributed by atoms with Gasteiger partial charge in [0.15, 0.2) is 12.6 Å². The topological polar surface area (TPSA) is 307 Å². The summed E-state index contributed by atoms with van der Waals surface area (Å²) >= 11 is 0. The van der Waals surface area contributed by atoms with Gasteiger partial charge in [-0.2, -0.15) is 0 Å². The molecule has 2 rings (SSSR count). The van der Waals surface area contributed by atoms with Crippen molar-refractivity contribution < 1.29 is 95.6 Å². The van der Waals surface area contributed by atoms with Crippen molar-refractivity contribution in [2.24, 2.45) is 0 Å². The van der Waals surface area contributed by atoms with E-state index >= 15 is 0 Å². The molecule has 12 atom stereocenters. The van der Waals surface area contributed by atoms with Crippen LogP contribution in [0.1, 0.15) is 13.8 Å². The molecule has 0 saturated carbocycles. The van der Waals surface area contributed by atoms with Gasteiger partial charge in [-0.15, -0.1) is 0 Å². The third-order valence-corrected chi connectivity index (χ3v) is 8.36. The smallest absolute Gasteiger partial charge is 0.387 e. The Hall–Kier alpha value is 0.01000. The second kappa shape index (κ2) is 14.5.